The first-order chi connectivity index (χ1) is 12.4. The lowest BCUT2D eigenvalue weighted by Gasteiger charge is -2.35. The van der Waals surface area contributed by atoms with Gasteiger partial charge in [-0.15, -0.1) is 0 Å². The molecule has 0 saturated carbocycles. The molecule has 0 spiro atoms. The van der Waals surface area contributed by atoms with Crippen molar-refractivity contribution in [3.8, 4) is 0 Å². The summed E-state index contributed by atoms with van der Waals surface area (Å²) < 4.78 is 0. The largest absolute Gasteiger partial charge is 0.391 e. The SMILES string of the molecule is C[C@H](NC(=O)N[C@H]1C[C@H]2C(=O)N[C@H]([C@H](C)O)C(=O)N2C1)c1ccccc1. The van der Waals surface area contributed by atoms with Crippen LogP contribution in [-0.4, -0.2) is 58.6 Å². The van der Waals surface area contributed by atoms with Crippen LogP contribution in [0.3, 0.4) is 0 Å². The zero-order valence-corrected chi connectivity index (χ0v) is 14.8. The van der Waals surface area contributed by atoms with Gasteiger partial charge in [-0.25, -0.2) is 4.79 Å². The molecule has 0 aromatic heterocycles. The maximum atomic E-state index is 12.4. The fourth-order valence-corrected chi connectivity index (χ4v) is 3.50. The van der Waals surface area contributed by atoms with Gasteiger partial charge in [0.1, 0.15) is 12.1 Å². The Balaban J connectivity index is 1.58. The topological polar surface area (TPSA) is 111 Å². The van der Waals surface area contributed by atoms with Crippen LogP contribution in [0.2, 0.25) is 0 Å². The molecule has 0 radical (unpaired) electrons. The summed E-state index contributed by atoms with van der Waals surface area (Å²) in [6, 6.07) is 7.24. The van der Waals surface area contributed by atoms with Gasteiger partial charge in [0.25, 0.3) is 0 Å². The van der Waals surface area contributed by atoms with E-state index in [0.717, 1.165) is 5.56 Å². The minimum absolute atomic E-state index is 0.162. The molecule has 0 unspecified atom stereocenters. The van der Waals surface area contributed by atoms with Crippen molar-refractivity contribution in [1.29, 1.82) is 0 Å². The highest BCUT2D eigenvalue weighted by atomic mass is 16.3. The molecule has 2 aliphatic heterocycles. The number of aliphatic hydroxyl groups is 1. The van der Waals surface area contributed by atoms with Crippen LogP contribution < -0.4 is 16.0 Å². The van der Waals surface area contributed by atoms with Gasteiger partial charge in [-0.2, -0.15) is 0 Å². The van der Waals surface area contributed by atoms with E-state index in [1.807, 2.05) is 37.3 Å². The van der Waals surface area contributed by atoms with Crippen LogP contribution in [0.4, 0.5) is 4.79 Å². The van der Waals surface area contributed by atoms with E-state index in [1.54, 1.807) is 0 Å². The Hall–Kier alpha value is -2.61. The molecule has 3 rings (SSSR count). The summed E-state index contributed by atoms with van der Waals surface area (Å²) in [7, 11) is 0. The van der Waals surface area contributed by atoms with Gasteiger partial charge >= 0.3 is 6.03 Å². The second-order valence-electron chi connectivity index (χ2n) is 6.92. The fraction of sp³-hybridized carbons (Fsp3) is 0.500. The van der Waals surface area contributed by atoms with E-state index in [9.17, 15) is 19.5 Å². The molecule has 2 heterocycles. The van der Waals surface area contributed by atoms with Crippen molar-refractivity contribution in [2.24, 2.45) is 0 Å². The van der Waals surface area contributed by atoms with E-state index in [2.05, 4.69) is 16.0 Å². The van der Waals surface area contributed by atoms with Crippen LogP contribution in [0.15, 0.2) is 30.3 Å². The Morgan fingerprint density at radius 2 is 1.96 bits per heavy atom. The number of fused-ring (bicyclic) bond motifs is 1. The molecular formula is C18H24N4O4. The van der Waals surface area contributed by atoms with Crippen LogP contribution in [0.5, 0.6) is 0 Å². The molecule has 2 fully saturated rings. The summed E-state index contributed by atoms with van der Waals surface area (Å²) in [6.45, 7) is 3.61. The Labute approximate surface area is 151 Å². The van der Waals surface area contributed by atoms with E-state index < -0.39 is 18.2 Å². The molecule has 0 bridgehead atoms. The molecule has 2 saturated heterocycles. The predicted molar refractivity (Wildman–Crippen MR) is 94.0 cm³/mol. The Bertz CT molecular complexity index is 694. The van der Waals surface area contributed by atoms with Gasteiger partial charge in [0.05, 0.1) is 18.2 Å². The first-order valence-corrected chi connectivity index (χ1v) is 8.77. The molecule has 4 N–H and O–H groups in total. The third-order valence-corrected chi connectivity index (χ3v) is 4.92. The number of hydrogen-bond acceptors (Lipinski definition) is 4. The van der Waals surface area contributed by atoms with Crippen molar-refractivity contribution in [1.82, 2.24) is 20.9 Å². The van der Waals surface area contributed by atoms with Crippen molar-refractivity contribution in [2.45, 2.75) is 50.5 Å². The van der Waals surface area contributed by atoms with E-state index >= 15 is 0 Å². The number of nitrogens with zero attached hydrogens (tertiary/aromatic N) is 1. The molecule has 8 heteroatoms. The molecule has 1 aromatic rings. The van der Waals surface area contributed by atoms with Gasteiger partial charge in [-0.05, 0) is 25.8 Å². The molecule has 26 heavy (non-hydrogen) atoms. The smallest absolute Gasteiger partial charge is 0.315 e. The van der Waals surface area contributed by atoms with Crippen LogP contribution in [0.1, 0.15) is 31.9 Å². The van der Waals surface area contributed by atoms with Crippen molar-refractivity contribution in [3.63, 3.8) is 0 Å². The molecule has 5 atom stereocenters. The number of piperazine rings is 1. The Kier molecular flexibility index (Phi) is 5.13. The van der Waals surface area contributed by atoms with Crippen molar-refractivity contribution in [3.05, 3.63) is 35.9 Å². The lowest BCUT2D eigenvalue weighted by Crippen LogP contribution is -2.64. The minimum atomic E-state index is -0.963. The fourth-order valence-electron chi connectivity index (χ4n) is 3.50. The molecule has 1 aromatic carbocycles. The lowest BCUT2D eigenvalue weighted by molar-refractivity contribution is -0.149. The predicted octanol–water partition coefficient (Wildman–Crippen LogP) is -0.104. The Morgan fingerprint density at radius 1 is 1.27 bits per heavy atom. The van der Waals surface area contributed by atoms with Gasteiger partial charge in [-0.1, -0.05) is 30.3 Å². The zero-order chi connectivity index (χ0) is 18.8. The normalized spacial score (nSPS) is 27.3. The second kappa shape index (κ2) is 7.33. The highest BCUT2D eigenvalue weighted by Crippen LogP contribution is 2.23. The number of nitrogens with one attached hydrogen (secondary N) is 3. The van der Waals surface area contributed by atoms with Crippen LogP contribution in [0.25, 0.3) is 0 Å². The van der Waals surface area contributed by atoms with Crippen LogP contribution in [-0.2, 0) is 9.59 Å². The van der Waals surface area contributed by atoms with E-state index in [1.165, 1.54) is 11.8 Å². The monoisotopic (exact) mass is 360 g/mol. The third kappa shape index (κ3) is 3.65. The molecule has 140 valence electrons. The number of carbonyl (C=O) groups is 3. The number of carbonyl (C=O) groups excluding carboxylic acids is 3. The summed E-state index contributed by atoms with van der Waals surface area (Å²) in [4.78, 5) is 38.3. The summed E-state index contributed by atoms with van der Waals surface area (Å²) in [5.41, 5.74) is 0.987. The lowest BCUT2D eigenvalue weighted by atomic mass is 10.0. The number of urea groups is 1. The second-order valence-corrected chi connectivity index (χ2v) is 6.92. The van der Waals surface area contributed by atoms with E-state index in [-0.39, 0.29) is 36.5 Å². The standard InChI is InChI=1S/C18H24N4O4/c1-10(12-6-4-3-5-7-12)19-18(26)20-13-8-14-16(24)21-15(11(2)23)17(25)22(14)9-13/h3-7,10-11,13-15,23H,8-9H2,1-2H3,(H,21,24)(H2,19,20,26)/t10-,11-,13-,14-,15+/m0/s1. The maximum Gasteiger partial charge on any atom is 0.315 e. The zero-order valence-electron chi connectivity index (χ0n) is 14.8. The number of hydrogen-bond donors (Lipinski definition) is 4. The van der Waals surface area contributed by atoms with E-state index in [4.69, 9.17) is 0 Å². The van der Waals surface area contributed by atoms with Crippen LogP contribution in [0, 0.1) is 0 Å². The number of amides is 4. The minimum Gasteiger partial charge on any atom is -0.391 e. The average molecular weight is 360 g/mol. The first-order valence-electron chi connectivity index (χ1n) is 8.77. The average Bonchev–Trinajstić information content (AvgIpc) is 3.03. The number of benzene rings is 1. The van der Waals surface area contributed by atoms with Crippen molar-refractivity contribution in [2.75, 3.05) is 6.54 Å². The number of aliphatic hydroxyl groups excluding tert-OH is 1. The summed E-state index contributed by atoms with van der Waals surface area (Å²) in [5.74, 6) is -0.607. The maximum absolute atomic E-state index is 12.4. The quantitative estimate of drug-likeness (QED) is 0.601. The van der Waals surface area contributed by atoms with Gasteiger partial charge in [0, 0.05) is 6.54 Å². The molecular weight excluding hydrogens is 336 g/mol. The van der Waals surface area contributed by atoms with Gasteiger partial charge in [0.2, 0.25) is 11.8 Å². The molecule has 2 aliphatic rings. The highest BCUT2D eigenvalue weighted by Gasteiger charge is 2.47. The van der Waals surface area contributed by atoms with Gasteiger partial charge in [-0.3, -0.25) is 9.59 Å². The van der Waals surface area contributed by atoms with Crippen molar-refractivity contribution >= 4 is 17.8 Å². The highest BCUT2D eigenvalue weighted by molar-refractivity contribution is 5.98. The molecule has 0 aliphatic carbocycles. The molecule has 4 amide bonds. The molecule has 8 nitrogen and oxygen atoms in total. The van der Waals surface area contributed by atoms with Gasteiger partial charge in [0.15, 0.2) is 0 Å². The van der Waals surface area contributed by atoms with Crippen LogP contribution >= 0.6 is 0 Å². The number of rotatable bonds is 4. The summed E-state index contributed by atoms with van der Waals surface area (Å²) >= 11 is 0. The van der Waals surface area contributed by atoms with E-state index in [0.29, 0.717) is 6.42 Å². The third-order valence-electron chi connectivity index (χ3n) is 4.92. The van der Waals surface area contributed by atoms with Gasteiger partial charge < -0.3 is 26.0 Å². The first kappa shape index (κ1) is 18.2. The van der Waals surface area contributed by atoms with Crippen molar-refractivity contribution < 1.29 is 19.5 Å². The summed E-state index contributed by atoms with van der Waals surface area (Å²) in [5, 5.41) is 17.9. The summed E-state index contributed by atoms with van der Waals surface area (Å²) in [6.07, 6.45) is -0.605. The Morgan fingerprint density at radius 3 is 2.62 bits per heavy atom.